The second-order valence-electron chi connectivity index (χ2n) is 5.48. The molecule has 0 radical (unpaired) electrons. The maximum Gasteiger partial charge on any atom is 0.160 e. The van der Waals surface area contributed by atoms with E-state index in [0.717, 1.165) is 24.9 Å². The fraction of sp³-hybridized carbons (Fsp3) is 0.600. The van der Waals surface area contributed by atoms with E-state index in [1.807, 2.05) is 6.07 Å². The number of benzene rings is 1. The van der Waals surface area contributed by atoms with Gasteiger partial charge in [-0.3, -0.25) is 0 Å². The van der Waals surface area contributed by atoms with E-state index in [9.17, 15) is 10.2 Å². The lowest BCUT2D eigenvalue weighted by molar-refractivity contribution is 0.118. The Morgan fingerprint density at radius 3 is 2.89 bits per heavy atom. The number of likely N-dealkylation sites (tertiary alicyclic amines) is 1. The number of likely N-dealkylation sites (N-methyl/N-ethyl adjacent to an activating group) is 1. The van der Waals surface area contributed by atoms with Crippen LogP contribution in [0.5, 0.6) is 11.5 Å². The van der Waals surface area contributed by atoms with Crippen molar-refractivity contribution >= 4 is 0 Å². The van der Waals surface area contributed by atoms with E-state index in [-0.39, 0.29) is 11.5 Å². The van der Waals surface area contributed by atoms with Gasteiger partial charge in [0.15, 0.2) is 11.5 Å². The van der Waals surface area contributed by atoms with Crippen molar-refractivity contribution in [2.24, 2.45) is 0 Å². The van der Waals surface area contributed by atoms with E-state index in [1.54, 1.807) is 6.07 Å². The molecule has 98 valence electrons. The summed E-state index contributed by atoms with van der Waals surface area (Å²) in [5.41, 5.74) is 2.24. The largest absolute Gasteiger partial charge is 0.504 e. The van der Waals surface area contributed by atoms with Crippen molar-refractivity contribution in [3.05, 3.63) is 23.3 Å². The Kier molecular flexibility index (Phi) is 2.94. The van der Waals surface area contributed by atoms with Crippen LogP contribution in [-0.4, -0.2) is 34.2 Å². The van der Waals surface area contributed by atoms with Crippen LogP contribution in [0.25, 0.3) is 0 Å². The molecule has 3 rings (SSSR count). The Hall–Kier alpha value is -1.22. The highest BCUT2D eigenvalue weighted by Gasteiger charge is 2.36. The molecule has 0 saturated carbocycles. The van der Waals surface area contributed by atoms with Gasteiger partial charge >= 0.3 is 0 Å². The summed E-state index contributed by atoms with van der Waals surface area (Å²) in [6.07, 6.45) is 4.42. The highest BCUT2D eigenvalue weighted by atomic mass is 16.3. The van der Waals surface area contributed by atoms with Gasteiger partial charge in [0.25, 0.3) is 0 Å². The zero-order valence-corrected chi connectivity index (χ0v) is 10.9. The van der Waals surface area contributed by atoms with Gasteiger partial charge in [-0.2, -0.15) is 0 Å². The minimum absolute atomic E-state index is 0.0235. The summed E-state index contributed by atoms with van der Waals surface area (Å²) in [5.74, 6) is 0.670. The zero-order chi connectivity index (χ0) is 12.7. The summed E-state index contributed by atoms with van der Waals surface area (Å²) in [4.78, 5) is 2.57. The lowest BCUT2D eigenvalue weighted by atomic mass is 9.74. The fourth-order valence-electron chi connectivity index (χ4n) is 3.81. The Morgan fingerprint density at radius 1 is 1.28 bits per heavy atom. The molecule has 0 aromatic heterocycles. The van der Waals surface area contributed by atoms with Gasteiger partial charge in [0.1, 0.15) is 0 Å². The molecule has 18 heavy (non-hydrogen) atoms. The van der Waals surface area contributed by atoms with Crippen LogP contribution < -0.4 is 0 Å². The highest BCUT2D eigenvalue weighted by molar-refractivity contribution is 5.51. The molecule has 1 aromatic rings. The molecule has 1 aliphatic heterocycles. The smallest absolute Gasteiger partial charge is 0.160 e. The molecular formula is C15H21NO2. The number of aromatic hydroxyl groups is 2. The van der Waals surface area contributed by atoms with Crippen LogP contribution in [0.1, 0.15) is 43.2 Å². The molecule has 1 fully saturated rings. The van der Waals surface area contributed by atoms with Gasteiger partial charge in [0, 0.05) is 11.6 Å². The molecule has 0 amide bonds. The molecule has 2 atom stereocenters. The first-order valence-electron chi connectivity index (χ1n) is 7.00. The van der Waals surface area contributed by atoms with Crippen LogP contribution in [0.3, 0.4) is 0 Å². The third-order valence-electron chi connectivity index (χ3n) is 4.69. The standard InChI is InChI=1S/C15H21NO2/c1-2-16-9-3-4-11-10-6-8-14(17)15(18)12(10)5-7-13(11)16/h6,8,11,13,17-18H,2-5,7,9H2,1H3/t11-,13+/m1/s1. The van der Waals surface area contributed by atoms with Gasteiger partial charge in [0.2, 0.25) is 0 Å². The zero-order valence-electron chi connectivity index (χ0n) is 10.9. The van der Waals surface area contributed by atoms with Crippen LogP contribution in [0.2, 0.25) is 0 Å². The van der Waals surface area contributed by atoms with Gasteiger partial charge in [-0.1, -0.05) is 13.0 Å². The number of fused-ring (bicyclic) bond motifs is 3. The third-order valence-corrected chi connectivity index (χ3v) is 4.69. The number of nitrogens with zero attached hydrogens (tertiary/aromatic N) is 1. The van der Waals surface area contributed by atoms with Gasteiger partial charge in [0.05, 0.1) is 0 Å². The minimum Gasteiger partial charge on any atom is -0.504 e. The minimum atomic E-state index is 0.0235. The Bertz CT molecular complexity index is 458. The first kappa shape index (κ1) is 11.8. The van der Waals surface area contributed by atoms with Crippen LogP contribution in [0.15, 0.2) is 12.1 Å². The van der Waals surface area contributed by atoms with E-state index in [0.29, 0.717) is 12.0 Å². The first-order chi connectivity index (χ1) is 8.72. The maximum absolute atomic E-state index is 9.99. The molecule has 1 heterocycles. The number of hydrogen-bond acceptors (Lipinski definition) is 3. The maximum atomic E-state index is 9.99. The number of phenols is 2. The van der Waals surface area contributed by atoms with Crippen LogP contribution in [0, 0.1) is 0 Å². The molecular weight excluding hydrogens is 226 g/mol. The second-order valence-corrected chi connectivity index (χ2v) is 5.48. The summed E-state index contributed by atoms with van der Waals surface area (Å²) < 4.78 is 0. The quantitative estimate of drug-likeness (QED) is 0.750. The van der Waals surface area contributed by atoms with Gasteiger partial charge in [-0.15, -0.1) is 0 Å². The molecule has 0 unspecified atom stereocenters. The summed E-state index contributed by atoms with van der Waals surface area (Å²) in [6, 6.07) is 4.28. The topological polar surface area (TPSA) is 43.7 Å². The summed E-state index contributed by atoms with van der Waals surface area (Å²) in [7, 11) is 0. The van der Waals surface area contributed by atoms with E-state index < -0.39 is 0 Å². The molecule has 3 nitrogen and oxygen atoms in total. The van der Waals surface area contributed by atoms with Crippen molar-refractivity contribution in [2.75, 3.05) is 13.1 Å². The molecule has 1 aromatic carbocycles. The van der Waals surface area contributed by atoms with Crippen molar-refractivity contribution < 1.29 is 10.2 Å². The summed E-state index contributed by atoms with van der Waals surface area (Å²) in [6.45, 7) is 4.55. The van der Waals surface area contributed by atoms with Crippen molar-refractivity contribution in [2.45, 2.75) is 44.6 Å². The molecule has 0 spiro atoms. The van der Waals surface area contributed by atoms with Crippen LogP contribution in [0.4, 0.5) is 0 Å². The highest BCUT2D eigenvalue weighted by Crippen LogP contribution is 2.45. The van der Waals surface area contributed by atoms with Crippen molar-refractivity contribution in [1.29, 1.82) is 0 Å². The Morgan fingerprint density at radius 2 is 2.11 bits per heavy atom. The average molecular weight is 247 g/mol. The predicted octanol–water partition coefficient (Wildman–Crippen LogP) is 2.61. The first-order valence-corrected chi connectivity index (χ1v) is 7.00. The Balaban J connectivity index is 2.00. The molecule has 3 heteroatoms. The fourth-order valence-corrected chi connectivity index (χ4v) is 3.81. The summed E-state index contributed by atoms with van der Waals surface area (Å²) in [5, 5.41) is 19.6. The monoisotopic (exact) mass is 247 g/mol. The summed E-state index contributed by atoms with van der Waals surface area (Å²) >= 11 is 0. The molecule has 2 aliphatic rings. The number of piperidine rings is 1. The van der Waals surface area contributed by atoms with Crippen molar-refractivity contribution in [1.82, 2.24) is 4.90 Å². The normalized spacial score (nSPS) is 27.6. The van der Waals surface area contributed by atoms with Gasteiger partial charge < -0.3 is 15.1 Å². The molecule has 0 bridgehead atoms. The second kappa shape index (κ2) is 4.47. The lowest BCUT2D eigenvalue weighted by Gasteiger charge is -2.44. The number of rotatable bonds is 1. The van der Waals surface area contributed by atoms with E-state index >= 15 is 0 Å². The van der Waals surface area contributed by atoms with Crippen LogP contribution in [-0.2, 0) is 6.42 Å². The predicted molar refractivity (Wildman–Crippen MR) is 71.1 cm³/mol. The van der Waals surface area contributed by atoms with Gasteiger partial charge in [-0.25, -0.2) is 0 Å². The lowest BCUT2D eigenvalue weighted by Crippen LogP contribution is -2.46. The van der Waals surface area contributed by atoms with E-state index in [4.69, 9.17) is 0 Å². The average Bonchev–Trinajstić information content (AvgIpc) is 2.41. The molecule has 1 saturated heterocycles. The third kappa shape index (κ3) is 1.69. The van der Waals surface area contributed by atoms with E-state index in [1.165, 1.54) is 24.9 Å². The SMILES string of the molecule is CCN1CCC[C@@H]2c3ccc(O)c(O)c3CC[C@@H]21. The Labute approximate surface area is 108 Å². The van der Waals surface area contributed by atoms with Crippen molar-refractivity contribution in [3.8, 4) is 11.5 Å². The number of hydrogen-bond donors (Lipinski definition) is 2. The number of phenolic OH excluding ortho intramolecular Hbond substituents is 2. The van der Waals surface area contributed by atoms with Crippen LogP contribution >= 0.6 is 0 Å². The van der Waals surface area contributed by atoms with E-state index in [2.05, 4.69) is 11.8 Å². The molecule has 1 aliphatic carbocycles. The van der Waals surface area contributed by atoms with Crippen molar-refractivity contribution in [3.63, 3.8) is 0 Å². The van der Waals surface area contributed by atoms with Gasteiger partial charge in [-0.05, 0) is 56.3 Å². The molecule has 2 N–H and O–H groups in total.